The molecule has 0 spiro atoms. The fourth-order valence-corrected chi connectivity index (χ4v) is 3.14. The second-order valence-corrected chi connectivity index (χ2v) is 8.35. The molecule has 1 aliphatic rings. The Balaban J connectivity index is 1.88. The Morgan fingerprint density at radius 3 is 2.58 bits per heavy atom. The Labute approximate surface area is 147 Å². The predicted molar refractivity (Wildman–Crippen MR) is 99.8 cm³/mol. The summed E-state index contributed by atoms with van der Waals surface area (Å²) >= 11 is 0. The van der Waals surface area contributed by atoms with Gasteiger partial charge >= 0.3 is 6.03 Å². The quantitative estimate of drug-likeness (QED) is 0.863. The summed E-state index contributed by atoms with van der Waals surface area (Å²) in [6.07, 6.45) is 2.63. The molecule has 0 saturated carbocycles. The number of amides is 2. The number of nitrogens with zero attached hydrogens (tertiary/aromatic N) is 1. The topological polar surface area (TPSA) is 44.4 Å². The lowest BCUT2D eigenvalue weighted by atomic mass is 9.97. The van der Waals surface area contributed by atoms with Gasteiger partial charge in [-0.05, 0) is 41.8 Å². The van der Waals surface area contributed by atoms with Gasteiger partial charge in [0.1, 0.15) is 0 Å². The van der Waals surface area contributed by atoms with Crippen LogP contribution in [0.2, 0.25) is 0 Å². The van der Waals surface area contributed by atoms with Crippen LogP contribution in [-0.2, 0) is 13.1 Å². The van der Waals surface area contributed by atoms with Crippen LogP contribution in [0.4, 0.5) is 4.79 Å². The molecule has 1 heterocycles. The first-order valence-electron chi connectivity index (χ1n) is 9.14. The minimum absolute atomic E-state index is 0.0914. The molecule has 0 radical (unpaired) electrons. The zero-order valence-electron chi connectivity index (χ0n) is 15.7. The van der Waals surface area contributed by atoms with E-state index in [4.69, 9.17) is 0 Å². The number of piperidine rings is 1. The number of rotatable bonds is 5. The molecule has 1 aromatic carbocycles. The van der Waals surface area contributed by atoms with Gasteiger partial charge < -0.3 is 10.6 Å². The van der Waals surface area contributed by atoms with Gasteiger partial charge in [-0.15, -0.1) is 0 Å². The summed E-state index contributed by atoms with van der Waals surface area (Å²) in [7, 11) is 0. The summed E-state index contributed by atoms with van der Waals surface area (Å²) in [5.41, 5.74) is 2.63. The molecule has 134 valence electrons. The first kappa shape index (κ1) is 18.8. The van der Waals surface area contributed by atoms with Gasteiger partial charge in [0, 0.05) is 26.2 Å². The number of carbonyl (C=O) groups is 1. The van der Waals surface area contributed by atoms with Gasteiger partial charge in [-0.1, -0.05) is 52.0 Å². The fourth-order valence-electron chi connectivity index (χ4n) is 3.14. The molecule has 1 unspecified atom stereocenters. The molecular weight excluding hydrogens is 298 g/mol. The van der Waals surface area contributed by atoms with E-state index in [2.05, 4.69) is 61.4 Å². The molecule has 1 fully saturated rings. The summed E-state index contributed by atoms with van der Waals surface area (Å²) in [6.45, 7) is 13.3. The second kappa shape index (κ2) is 8.52. The van der Waals surface area contributed by atoms with Gasteiger partial charge in [0.2, 0.25) is 0 Å². The molecule has 24 heavy (non-hydrogen) atoms. The summed E-state index contributed by atoms with van der Waals surface area (Å²) in [6, 6.07) is 8.35. The van der Waals surface area contributed by atoms with Gasteiger partial charge in [0.05, 0.1) is 0 Å². The smallest absolute Gasteiger partial charge is 0.315 e. The molecule has 1 aromatic rings. The van der Waals surface area contributed by atoms with Crippen LogP contribution in [0, 0.1) is 11.3 Å². The highest BCUT2D eigenvalue weighted by Gasteiger charge is 2.17. The minimum Gasteiger partial charge on any atom is -0.338 e. The molecule has 2 rings (SSSR count). The maximum atomic E-state index is 12.0. The Hall–Kier alpha value is -1.55. The Bertz CT molecular complexity index is 536. The average molecular weight is 332 g/mol. The van der Waals surface area contributed by atoms with E-state index in [1.54, 1.807) is 0 Å². The van der Waals surface area contributed by atoms with Crippen molar-refractivity contribution in [3.05, 3.63) is 35.4 Å². The Kier molecular flexibility index (Phi) is 6.67. The van der Waals surface area contributed by atoms with Crippen molar-refractivity contribution in [1.82, 2.24) is 15.5 Å². The summed E-state index contributed by atoms with van der Waals surface area (Å²) in [5, 5.41) is 5.93. The number of hydrogen-bond acceptors (Lipinski definition) is 2. The highest BCUT2D eigenvalue weighted by molar-refractivity contribution is 5.73. The predicted octanol–water partition coefficient (Wildman–Crippen LogP) is 3.76. The highest BCUT2D eigenvalue weighted by Crippen LogP contribution is 2.19. The van der Waals surface area contributed by atoms with Crippen LogP contribution >= 0.6 is 0 Å². The molecule has 0 aromatic heterocycles. The van der Waals surface area contributed by atoms with E-state index in [-0.39, 0.29) is 11.4 Å². The summed E-state index contributed by atoms with van der Waals surface area (Å²) < 4.78 is 0. The van der Waals surface area contributed by atoms with E-state index >= 15 is 0 Å². The van der Waals surface area contributed by atoms with Crippen molar-refractivity contribution in [2.24, 2.45) is 11.3 Å². The molecule has 0 aliphatic carbocycles. The number of hydrogen-bond donors (Lipinski definition) is 2. The Morgan fingerprint density at radius 2 is 1.92 bits per heavy atom. The molecular formula is C20H33N3O. The monoisotopic (exact) mass is 331 g/mol. The van der Waals surface area contributed by atoms with Crippen molar-refractivity contribution >= 4 is 6.03 Å². The number of likely N-dealkylation sites (tertiary alicyclic amines) is 1. The lowest BCUT2D eigenvalue weighted by Gasteiger charge is -2.31. The van der Waals surface area contributed by atoms with Gasteiger partial charge in [-0.25, -0.2) is 4.79 Å². The van der Waals surface area contributed by atoms with E-state index in [0.717, 1.165) is 12.5 Å². The third kappa shape index (κ3) is 6.52. The largest absolute Gasteiger partial charge is 0.338 e. The molecule has 2 amide bonds. The number of benzene rings is 1. The van der Waals surface area contributed by atoms with Gasteiger partial charge in [0.25, 0.3) is 0 Å². The normalized spacial score (nSPS) is 19.1. The van der Waals surface area contributed by atoms with Crippen LogP contribution in [0.25, 0.3) is 0 Å². The second-order valence-electron chi connectivity index (χ2n) is 8.35. The number of urea groups is 1. The van der Waals surface area contributed by atoms with Crippen molar-refractivity contribution in [1.29, 1.82) is 0 Å². The molecule has 0 bridgehead atoms. The molecule has 1 atom stereocenters. The zero-order valence-corrected chi connectivity index (χ0v) is 15.7. The van der Waals surface area contributed by atoms with Gasteiger partial charge in [-0.2, -0.15) is 0 Å². The third-order valence-corrected chi connectivity index (χ3v) is 4.47. The van der Waals surface area contributed by atoms with Crippen LogP contribution in [0.5, 0.6) is 0 Å². The fraction of sp³-hybridized carbons (Fsp3) is 0.650. The minimum atomic E-state index is -0.0914. The van der Waals surface area contributed by atoms with Crippen molar-refractivity contribution in [2.75, 3.05) is 19.6 Å². The molecule has 2 N–H and O–H groups in total. The van der Waals surface area contributed by atoms with E-state index in [9.17, 15) is 4.79 Å². The van der Waals surface area contributed by atoms with Crippen LogP contribution in [0.15, 0.2) is 24.3 Å². The van der Waals surface area contributed by atoms with Crippen LogP contribution in [0.3, 0.4) is 0 Å². The number of nitrogens with one attached hydrogen (secondary N) is 2. The number of carbonyl (C=O) groups excluding carboxylic acids is 1. The summed E-state index contributed by atoms with van der Waals surface area (Å²) in [5.74, 6) is 0.784. The highest BCUT2D eigenvalue weighted by atomic mass is 16.2. The average Bonchev–Trinajstić information content (AvgIpc) is 2.51. The van der Waals surface area contributed by atoms with Crippen molar-refractivity contribution in [3.63, 3.8) is 0 Å². The third-order valence-electron chi connectivity index (χ3n) is 4.47. The Morgan fingerprint density at radius 1 is 1.21 bits per heavy atom. The molecule has 4 heteroatoms. The van der Waals surface area contributed by atoms with E-state index in [1.807, 2.05) is 6.07 Å². The van der Waals surface area contributed by atoms with Gasteiger partial charge in [-0.3, -0.25) is 4.90 Å². The SMILES string of the molecule is CC1CCCN(Cc2ccccc2CNC(=O)NCC(C)(C)C)C1. The van der Waals surface area contributed by atoms with Crippen molar-refractivity contribution in [2.45, 2.75) is 53.6 Å². The molecule has 4 nitrogen and oxygen atoms in total. The summed E-state index contributed by atoms with van der Waals surface area (Å²) in [4.78, 5) is 14.5. The van der Waals surface area contributed by atoms with Crippen molar-refractivity contribution in [3.8, 4) is 0 Å². The first-order chi connectivity index (χ1) is 11.3. The van der Waals surface area contributed by atoms with Crippen LogP contribution in [0.1, 0.15) is 51.7 Å². The lowest BCUT2D eigenvalue weighted by molar-refractivity contribution is 0.176. The van der Waals surface area contributed by atoms with Crippen LogP contribution in [-0.4, -0.2) is 30.6 Å². The first-order valence-corrected chi connectivity index (χ1v) is 9.14. The molecule has 1 aliphatic heterocycles. The van der Waals surface area contributed by atoms with E-state index < -0.39 is 0 Å². The maximum absolute atomic E-state index is 12.0. The molecule has 1 saturated heterocycles. The standard InChI is InChI=1S/C20H33N3O/c1-16-8-7-11-23(13-16)14-18-10-6-5-9-17(18)12-21-19(24)22-15-20(2,3)4/h5-6,9-10,16H,7-8,11-15H2,1-4H3,(H2,21,22,24). The van der Waals surface area contributed by atoms with Crippen LogP contribution < -0.4 is 10.6 Å². The zero-order chi connectivity index (χ0) is 17.6. The lowest BCUT2D eigenvalue weighted by Crippen LogP contribution is -2.39. The van der Waals surface area contributed by atoms with Crippen molar-refractivity contribution < 1.29 is 4.79 Å². The maximum Gasteiger partial charge on any atom is 0.315 e. The van der Waals surface area contributed by atoms with E-state index in [1.165, 1.54) is 37.1 Å². The van der Waals surface area contributed by atoms with Gasteiger partial charge in [0.15, 0.2) is 0 Å². The van der Waals surface area contributed by atoms with E-state index in [0.29, 0.717) is 13.1 Å².